The van der Waals surface area contributed by atoms with Crippen LogP contribution in [0.15, 0.2) is 12.4 Å². The van der Waals surface area contributed by atoms with Crippen molar-refractivity contribution in [1.29, 1.82) is 0 Å². The Kier molecular flexibility index (Phi) is 43.1. The van der Waals surface area contributed by atoms with E-state index in [1.54, 1.807) is 5.82 Å². The molecule has 0 saturated heterocycles. The van der Waals surface area contributed by atoms with Crippen molar-refractivity contribution in [2.24, 2.45) is 0 Å². The van der Waals surface area contributed by atoms with Crippen molar-refractivity contribution in [1.82, 2.24) is 4.57 Å². The number of imidazole rings is 1. The van der Waals surface area contributed by atoms with Crippen molar-refractivity contribution in [2.75, 3.05) is 0 Å². The lowest BCUT2D eigenvalue weighted by atomic mass is 10.0. The molecule has 1 heterocycles. The average molecular weight is 784 g/mol. The van der Waals surface area contributed by atoms with E-state index in [2.05, 4.69) is 42.3 Å². The molecule has 1 aromatic rings. The molecule has 2 nitrogen and oxygen atoms in total. The maximum Gasteiger partial charge on any atom is 0.256 e. The Labute approximate surface area is 355 Å². The molecule has 0 fully saturated rings. The SMILES string of the molecule is CCCCCCCCCCCCCCCCCCc1n(CCCCCCCCCCCCCCC)cc[n+]1CCCCCCCCCCCCCCCCCC. The van der Waals surface area contributed by atoms with E-state index in [9.17, 15) is 0 Å². The second kappa shape index (κ2) is 45.3. The van der Waals surface area contributed by atoms with E-state index in [0.717, 1.165) is 0 Å². The molecule has 0 unspecified atom stereocenters. The van der Waals surface area contributed by atoms with Crippen LogP contribution in [-0.2, 0) is 19.5 Å². The van der Waals surface area contributed by atoms with Crippen molar-refractivity contribution >= 4 is 0 Å². The van der Waals surface area contributed by atoms with Crippen LogP contribution >= 0.6 is 0 Å². The smallest absolute Gasteiger partial charge is 0.234 e. The van der Waals surface area contributed by atoms with Gasteiger partial charge in [0, 0.05) is 6.42 Å². The third-order valence-electron chi connectivity index (χ3n) is 13.1. The highest BCUT2D eigenvalue weighted by molar-refractivity contribution is 4.84. The third-order valence-corrected chi connectivity index (χ3v) is 13.1. The van der Waals surface area contributed by atoms with E-state index in [1.165, 1.54) is 308 Å². The van der Waals surface area contributed by atoms with Crippen molar-refractivity contribution in [3.05, 3.63) is 18.2 Å². The third kappa shape index (κ3) is 36.3. The van der Waals surface area contributed by atoms with Crippen molar-refractivity contribution in [3.8, 4) is 0 Å². The number of hydrogen-bond donors (Lipinski definition) is 0. The van der Waals surface area contributed by atoms with Crippen LogP contribution in [0.5, 0.6) is 0 Å². The minimum absolute atomic E-state index is 1.23. The lowest BCUT2D eigenvalue weighted by Gasteiger charge is -2.07. The first kappa shape index (κ1) is 53.2. The van der Waals surface area contributed by atoms with Gasteiger partial charge in [-0.1, -0.05) is 278 Å². The van der Waals surface area contributed by atoms with E-state index in [4.69, 9.17) is 0 Å². The Morgan fingerprint density at radius 2 is 0.554 bits per heavy atom. The average Bonchev–Trinajstić information content (AvgIpc) is 3.59. The van der Waals surface area contributed by atoms with E-state index < -0.39 is 0 Å². The number of nitrogens with zero attached hydrogens (tertiary/aromatic N) is 2. The fourth-order valence-electron chi connectivity index (χ4n) is 9.15. The normalized spacial score (nSPS) is 11.7. The van der Waals surface area contributed by atoms with E-state index >= 15 is 0 Å². The standard InChI is InChI=1S/C54H107N2/c1-4-7-10-13-16-19-22-25-27-29-31-34-37-40-43-46-49-54-55(50-47-44-41-38-35-32-24-21-18-15-12-9-6-3)52-53-56(54)51-48-45-42-39-36-33-30-28-26-23-20-17-14-11-8-5-2/h52-53H,4-51H2,1-3H3/q+1. The topological polar surface area (TPSA) is 8.81 Å². The molecule has 0 amide bonds. The predicted molar refractivity (Wildman–Crippen MR) is 253 cm³/mol. The van der Waals surface area contributed by atoms with Gasteiger partial charge in [-0.25, -0.2) is 9.13 Å². The molecule has 0 aliphatic carbocycles. The number of aryl methyl sites for hydroxylation is 2. The van der Waals surface area contributed by atoms with Gasteiger partial charge in [0.25, 0.3) is 5.82 Å². The summed E-state index contributed by atoms with van der Waals surface area (Å²) in [6.45, 7) is 9.42. The molecule has 0 aliphatic rings. The summed E-state index contributed by atoms with van der Waals surface area (Å²) < 4.78 is 5.33. The van der Waals surface area contributed by atoms with Gasteiger partial charge in [0.2, 0.25) is 0 Å². The largest absolute Gasteiger partial charge is 0.256 e. The fraction of sp³-hybridized carbons (Fsp3) is 0.944. The van der Waals surface area contributed by atoms with Crippen LogP contribution in [0.2, 0.25) is 0 Å². The molecule has 0 aliphatic heterocycles. The monoisotopic (exact) mass is 784 g/mol. The molecule has 2 heteroatoms. The van der Waals surface area contributed by atoms with Gasteiger partial charge in [-0.05, 0) is 32.1 Å². The first-order valence-corrected chi connectivity index (χ1v) is 26.9. The summed E-state index contributed by atoms with van der Waals surface area (Å²) in [5, 5.41) is 0. The zero-order chi connectivity index (χ0) is 40.1. The van der Waals surface area contributed by atoms with Gasteiger partial charge < -0.3 is 0 Å². The maximum absolute atomic E-state index is 2.66. The summed E-state index contributed by atoms with van der Waals surface area (Å²) in [7, 11) is 0. The van der Waals surface area contributed by atoms with Gasteiger partial charge in [-0.15, -0.1) is 0 Å². The summed E-state index contributed by atoms with van der Waals surface area (Å²) in [5.41, 5.74) is 0. The summed E-state index contributed by atoms with van der Waals surface area (Å²) in [6, 6.07) is 0. The Balaban J connectivity index is 2.25. The van der Waals surface area contributed by atoms with E-state index in [1.807, 2.05) is 0 Å². The summed E-state index contributed by atoms with van der Waals surface area (Å²) in [4.78, 5) is 0. The molecule has 1 rings (SSSR count). The Morgan fingerprint density at radius 3 is 0.857 bits per heavy atom. The highest BCUT2D eigenvalue weighted by Gasteiger charge is 2.16. The summed E-state index contributed by atoms with van der Waals surface area (Å²) in [6.07, 6.45) is 71.3. The van der Waals surface area contributed by atoms with Gasteiger partial charge in [0.05, 0.1) is 13.1 Å². The zero-order valence-electron chi connectivity index (χ0n) is 39.5. The number of unbranched alkanes of at least 4 members (excludes halogenated alkanes) is 42. The Morgan fingerprint density at radius 1 is 0.304 bits per heavy atom. The Hall–Kier alpha value is -0.790. The molecule has 0 aromatic carbocycles. The van der Waals surface area contributed by atoms with Crippen LogP contribution in [-0.4, -0.2) is 4.57 Å². The first-order chi connectivity index (χ1) is 27.8. The molecule has 0 radical (unpaired) electrons. The van der Waals surface area contributed by atoms with Gasteiger partial charge in [0.15, 0.2) is 0 Å². The fourth-order valence-corrected chi connectivity index (χ4v) is 9.15. The molecular weight excluding hydrogens is 677 g/mol. The molecular formula is C54H107N2+. The molecule has 0 atom stereocenters. The quantitative estimate of drug-likeness (QED) is 0.0460. The van der Waals surface area contributed by atoms with Gasteiger partial charge >= 0.3 is 0 Å². The van der Waals surface area contributed by atoms with E-state index in [0.29, 0.717) is 0 Å². The van der Waals surface area contributed by atoms with Crippen LogP contribution in [0, 0.1) is 0 Å². The van der Waals surface area contributed by atoms with Crippen LogP contribution < -0.4 is 4.57 Å². The van der Waals surface area contributed by atoms with Crippen molar-refractivity contribution < 1.29 is 4.57 Å². The van der Waals surface area contributed by atoms with Gasteiger partial charge in [0.1, 0.15) is 12.4 Å². The highest BCUT2D eigenvalue weighted by Crippen LogP contribution is 2.17. The van der Waals surface area contributed by atoms with Crippen LogP contribution in [0.3, 0.4) is 0 Å². The zero-order valence-corrected chi connectivity index (χ0v) is 39.5. The molecule has 332 valence electrons. The van der Waals surface area contributed by atoms with Crippen LogP contribution in [0.25, 0.3) is 0 Å². The molecule has 1 aromatic heterocycles. The molecule has 0 spiro atoms. The van der Waals surface area contributed by atoms with Crippen molar-refractivity contribution in [3.63, 3.8) is 0 Å². The molecule has 0 N–H and O–H groups in total. The second-order valence-corrected chi connectivity index (χ2v) is 18.7. The minimum Gasteiger partial charge on any atom is -0.234 e. The minimum atomic E-state index is 1.23. The maximum atomic E-state index is 2.66. The molecule has 56 heavy (non-hydrogen) atoms. The molecule has 0 bridgehead atoms. The lowest BCUT2D eigenvalue weighted by Crippen LogP contribution is -2.37. The summed E-state index contributed by atoms with van der Waals surface area (Å²) in [5.74, 6) is 1.63. The van der Waals surface area contributed by atoms with Gasteiger partial charge in [-0.2, -0.15) is 0 Å². The number of rotatable bonds is 48. The first-order valence-electron chi connectivity index (χ1n) is 26.9. The van der Waals surface area contributed by atoms with Crippen LogP contribution in [0.1, 0.15) is 316 Å². The summed E-state index contributed by atoms with van der Waals surface area (Å²) >= 11 is 0. The van der Waals surface area contributed by atoms with Crippen molar-refractivity contribution in [2.45, 2.75) is 329 Å². The highest BCUT2D eigenvalue weighted by atomic mass is 15.1. The van der Waals surface area contributed by atoms with E-state index in [-0.39, 0.29) is 0 Å². The number of hydrogen-bond acceptors (Lipinski definition) is 0. The predicted octanol–water partition coefficient (Wildman–Crippen LogP) is 18.9. The lowest BCUT2D eigenvalue weighted by molar-refractivity contribution is -0.704. The van der Waals surface area contributed by atoms with Gasteiger partial charge in [-0.3, -0.25) is 0 Å². The Bertz CT molecular complexity index is 857. The second-order valence-electron chi connectivity index (χ2n) is 18.7. The number of aromatic nitrogens is 2. The molecule has 0 saturated carbocycles. The van der Waals surface area contributed by atoms with Crippen LogP contribution in [0.4, 0.5) is 0 Å².